The molecule has 0 aliphatic heterocycles. The van der Waals surface area contributed by atoms with Gasteiger partial charge in [-0.15, -0.1) is 0 Å². The van der Waals surface area contributed by atoms with E-state index in [2.05, 4.69) is 30.5 Å². The van der Waals surface area contributed by atoms with Crippen molar-refractivity contribution in [1.29, 1.82) is 0 Å². The van der Waals surface area contributed by atoms with Crippen LogP contribution in [0.15, 0.2) is 48.7 Å². The Morgan fingerprint density at radius 3 is 3.04 bits per heavy atom. The normalized spacial score (nSPS) is 12.8. The molecular formula is C19H18N6O. The van der Waals surface area contributed by atoms with Crippen molar-refractivity contribution in [1.82, 2.24) is 30.5 Å². The van der Waals surface area contributed by atoms with Crippen LogP contribution in [-0.4, -0.2) is 37.1 Å². The van der Waals surface area contributed by atoms with Gasteiger partial charge in [-0.3, -0.25) is 9.89 Å². The van der Waals surface area contributed by atoms with Crippen molar-refractivity contribution in [2.75, 3.05) is 0 Å². The van der Waals surface area contributed by atoms with E-state index in [0.29, 0.717) is 12.1 Å². The molecule has 4 aromatic rings. The van der Waals surface area contributed by atoms with Gasteiger partial charge < -0.3 is 10.3 Å². The fraction of sp³-hybridized carbons (Fsp3) is 0.158. The Morgan fingerprint density at radius 1 is 1.27 bits per heavy atom. The fourth-order valence-corrected chi connectivity index (χ4v) is 2.80. The molecule has 0 aliphatic rings. The zero-order valence-corrected chi connectivity index (χ0v) is 14.2. The summed E-state index contributed by atoms with van der Waals surface area (Å²) in [5.41, 5.74) is 3.18. The first-order chi connectivity index (χ1) is 12.7. The van der Waals surface area contributed by atoms with Crippen LogP contribution < -0.4 is 5.32 Å². The highest BCUT2D eigenvalue weighted by atomic mass is 16.2. The number of imidazole rings is 1. The van der Waals surface area contributed by atoms with E-state index >= 15 is 0 Å². The number of hydrogen-bond acceptors (Lipinski definition) is 4. The number of fused-ring (bicyclic) bond motifs is 2. The molecule has 0 bridgehead atoms. The number of nitrogens with zero attached hydrogens (tertiary/aromatic N) is 3. The van der Waals surface area contributed by atoms with Crippen LogP contribution in [0.5, 0.6) is 0 Å². The van der Waals surface area contributed by atoms with Crippen LogP contribution in [0, 0.1) is 0 Å². The zero-order valence-electron chi connectivity index (χ0n) is 14.2. The molecule has 1 atom stereocenters. The highest BCUT2D eigenvalue weighted by Crippen LogP contribution is 2.16. The van der Waals surface area contributed by atoms with Crippen LogP contribution >= 0.6 is 0 Å². The Morgan fingerprint density at radius 2 is 2.15 bits per heavy atom. The van der Waals surface area contributed by atoms with Gasteiger partial charge in [0.1, 0.15) is 0 Å². The predicted molar refractivity (Wildman–Crippen MR) is 101 cm³/mol. The van der Waals surface area contributed by atoms with Gasteiger partial charge in [0.15, 0.2) is 11.5 Å². The zero-order chi connectivity index (χ0) is 17.9. The molecule has 0 saturated carbocycles. The molecule has 0 fully saturated rings. The smallest absolute Gasteiger partial charge is 0.287 e. The van der Waals surface area contributed by atoms with E-state index in [1.54, 1.807) is 12.3 Å². The van der Waals surface area contributed by atoms with E-state index in [-0.39, 0.29) is 17.8 Å². The van der Waals surface area contributed by atoms with Crippen LogP contribution in [0.1, 0.15) is 29.7 Å². The molecular weight excluding hydrogens is 328 g/mol. The summed E-state index contributed by atoms with van der Waals surface area (Å²) in [5, 5.41) is 11.3. The molecule has 130 valence electrons. The summed E-state index contributed by atoms with van der Waals surface area (Å²) in [7, 11) is 0. The molecule has 3 N–H and O–H groups in total. The number of aromatic nitrogens is 5. The van der Waals surface area contributed by atoms with E-state index in [0.717, 1.165) is 22.1 Å². The average Bonchev–Trinajstić information content (AvgIpc) is 3.26. The lowest BCUT2D eigenvalue weighted by molar-refractivity contribution is 0.0931. The quantitative estimate of drug-likeness (QED) is 0.517. The minimum atomic E-state index is -0.240. The number of rotatable bonds is 5. The second-order valence-electron chi connectivity index (χ2n) is 6.13. The first kappa shape index (κ1) is 16.0. The van der Waals surface area contributed by atoms with E-state index < -0.39 is 0 Å². The number of pyridine rings is 1. The standard InChI is InChI=1S/C19H18N6O/c1-12(6-4-9-15-13-7-2-3-8-14(13)24-25-15)21-19(26)18-22-16-10-5-11-20-17(16)23-18/h2-5,7-12H,6H2,1H3,(H,21,26)(H,24,25)(H,20,22,23)/b9-4+/t12-/m0/s1. The maximum Gasteiger partial charge on any atom is 0.287 e. The summed E-state index contributed by atoms with van der Waals surface area (Å²) < 4.78 is 0. The van der Waals surface area contributed by atoms with Crippen molar-refractivity contribution in [2.45, 2.75) is 19.4 Å². The summed E-state index contributed by atoms with van der Waals surface area (Å²) in [6.07, 6.45) is 6.35. The summed E-state index contributed by atoms with van der Waals surface area (Å²) in [6, 6.07) is 11.5. The second-order valence-corrected chi connectivity index (χ2v) is 6.13. The van der Waals surface area contributed by atoms with Crippen molar-refractivity contribution in [2.24, 2.45) is 0 Å². The number of carbonyl (C=O) groups excluding carboxylic acids is 1. The topological polar surface area (TPSA) is 99.3 Å². The minimum absolute atomic E-state index is 0.0332. The highest BCUT2D eigenvalue weighted by Gasteiger charge is 2.13. The van der Waals surface area contributed by atoms with Crippen LogP contribution in [0.2, 0.25) is 0 Å². The molecule has 26 heavy (non-hydrogen) atoms. The van der Waals surface area contributed by atoms with Gasteiger partial charge in [-0.2, -0.15) is 5.10 Å². The van der Waals surface area contributed by atoms with Crippen molar-refractivity contribution in [3.63, 3.8) is 0 Å². The lowest BCUT2D eigenvalue weighted by atomic mass is 10.1. The SMILES string of the molecule is C[C@@H](C/C=C/c1[nH]nc2ccccc12)NC(=O)c1nc2ncccc2[nH]1. The van der Waals surface area contributed by atoms with E-state index in [1.807, 2.05) is 49.4 Å². The number of para-hydroxylation sites is 1. The lowest BCUT2D eigenvalue weighted by Crippen LogP contribution is -2.32. The third-order valence-corrected chi connectivity index (χ3v) is 4.12. The maximum atomic E-state index is 12.3. The first-order valence-corrected chi connectivity index (χ1v) is 8.42. The fourth-order valence-electron chi connectivity index (χ4n) is 2.80. The molecule has 3 heterocycles. The molecule has 0 saturated heterocycles. The van der Waals surface area contributed by atoms with Crippen LogP contribution in [0.3, 0.4) is 0 Å². The molecule has 3 aromatic heterocycles. The highest BCUT2D eigenvalue weighted by molar-refractivity contribution is 5.93. The van der Waals surface area contributed by atoms with Gasteiger partial charge in [-0.05, 0) is 37.6 Å². The van der Waals surface area contributed by atoms with Gasteiger partial charge in [0, 0.05) is 17.6 Å². The Kier molecular flexibility index (Phi) is 4.18. The summed E-state index contributed by atoms with van der Waals surface area (Å²) in [4.78, 5) is 23.6. The van der Waals surface area contributed by atoms with Crippen LogP contribution in [-0.2, 0) is 0 Å². The third-order valence-electron chi connectivity index (χ3n) is 4.12. The van der Waals surface area contributed by atoms with Crippen molar-refractivity contribution in [3.05, 3.63) is 60.2 Å². The summed E-state index contributed by atoms with van der Waals surface area (Å²) >= 11 is 0. The van der Waals surface area contributed by atoms with Gasteiger partial charge >= 0.3 is 0 Å². The number of amides is 1. The molecule has 1 aromatic carbocycles. The molecule has 0 aliphatic carbocycles. The van der Waals surface area contributed by atoms with E-state index in [9.17, 15) is 4.79 Å². The number of H-pyrrole nitrogens is 2. The summed E-state index contributed by atoms with van der Waals surface area (Å²) in [5.74, 6) is 0.0324. The Bertz CT molecular complexity index is 1060. The molecule has 0 radical (unpaired) electrons. The number of nitrogens with one attached hydrogen (secondary N) is 3. The molecule has 4 rings (SSSR count). The van der Waals surface area contributed by atoms with Gasteiger partial charge in [0.05, 0.1) is 16.7 Å². The maximum absolute atomic E-state index is 12.3. The number of hydrogen-bond donors (Lipinski definition) is 3. The molecule has 7 nitrogen and oxygen atoms in total. The Balaban J connectivity index is 1.38. The number of benzene rings is 1. The second kappa shape index (κ2) is 6.79. The molecule has 0 unspecified atom stereocenters. The lowest BCUT2D eigenvalue weighted by Gasteiger charge is -2.10. The van der Waals surface area contributed by atoms with Gasteiger partial charge in [0.25, 0.3) is 5.91 Å². The van der Waals surface area contributed by atoms with E-state index in [4.69, 9.17) is 0 Å². The molecule has 1 amide bonds. The molecule has 7 heteroatoms. The Hall–Kier alpha value is -3.48. The minimum Gasteiger partial charge on any atom is -0.347 e. The molecule has 0 spiro atoms. The Labute approximate surface area is 149 Å². The monoisotopic (exact) mass is 346 g/mol. The third kappa shape index (κ3) is 3.19. The van der Waals surface area contributed by atoms with Gasteiger partial charge in [0.2, 0.25) is 0 Å². The first-order valence-electron chi connectivity index (χ1n) is 8.42. The predicted octanol–water partition coefficient (Wildman–Crippen LogP) is 3.06. The van der Waals surface area contributed by atoms with Crippen LogP contribution in [0.25, 0.3) is 28.1 Å². The average molecular weight is 346 g/mol. The summed E-state index contributed by atoms with van der Waals surface area (Å²) in [6.45, 7) is 1.95. The van der Waals surface area contributed by atoms with Crippen LogP contribution in [0.4, 0.5) is 0 Å². The number of carbonyl (C=O) groups is 1. The number of aromatic amines is 2. The largest absolute Gasteiger partial charge is 0.347 e. The van der Waals surface area contributed by atoms with Gasteiger partial charge in [-0.25, -0.2) is 9.97 Å². The van der Waals surface area contributed by atoms with Crippen molar-refractivity contribution in [3.8, 4) is 0 Å². The van der Waals surface area contributed by atoms with Crippen molar-refractivity contribution >= 4 is 34.1 Å². The van der Waals surface area contributed by atoms with Crippen molar-refractivity contribution < 1.29 is 4.79 Å². The van der Waals surface area contributed by atoms with Gasteiger partial charge in [-0.1, -0.05) is 24.3 Å². The van der Waals surface area contributed by atoms with E-state index in [1.165, 1.54) is 0 Å².